The Kier molecular flexibility index (Phi) is 7.48. The second kappa shape index (κ2) is 10.6. The fourth-order valence-electron chi connectivity index (χ4n) is 5.76. The van der Waals surface area contributed by atoms with Crippen LogP contribution in [0.15, 0.2) is 41.3 Å². The normalized spacial score (nSPS) is 21.1. The standard InChI is InChI=1S/C28H30F3N3O3S2/c1-37-25-15-20(39(2,35)36)10-11-23(25)33-12-4-7-26-22(16-28(29,30)31)21-5-3-6-24(27(21)38-26)34-18-8-9-19(34)14-17(32)13-18/h3,5-6,10-11,15,17-19,33H,8-9,12-14,16,32H2,1-2H3. The van der Waals surface area contributed by atoms with E-state index in [-0.39, 0.29) is 23.0 Å². The molecule has 2 unspecified atom stereocenters. The summed E-state index contributed by atoms with van der Waals surface area (Å²) in [6, 6.07) is 10.8. The van der Waals surface area contributed by atoms with Gasteiger partial charge >= 0.3 is 6.18 Å². The van der Waals surface area contributed by atoms with Crippen molar-refractivity contribution in [3.8, 4) is 17.6 Å². The molecule has 11 heteroatoms. The highest BCUT2D eigenvalue weighted by molar-refractivity contribution is 7.90. The van der Waals surface area contributed by atoms with Gasteiger partial charge in [-0.05, 0) is 54.8 Å². The monoisotopic (exact) mass is 577 g/mol. The lowest BCUT2D eigenvalue weighted by atomic mass is 9.97. The zero-order valence-corrected chi connectivity index (χ0v) is 23.3. The van der Waals surface area contributed by atoms with Gasteiger partial charge in [-0.25, -0.2) is 8.42 Å². The molecule has 2 bridgehead atoms. The van der Waals surface area contributed by atoms with Crippen molar-refractivity contribution in [2.75, 3.05) is 30.1 Å². The van der Waals surface area contributed by atoms with E-state index in [4.69, 9.17) is 10.5 Å². The third-order valence-corrected chi connectivity index (χ3v) is 9.69. The Morgan fingerprint density at radius 3 is 2.54 bits per heavy atom. The maximum Gasteiger partial charge on any atom is 0.393 e. The number of benzene rings is 2. The summed E-state index contributed by atoms with van der Waals surface area (Å²) < 4.78 is 70.7. The SMILES string of the molecule is COc1cc(S(C)(=O)=O)ccc1NCC#Cc1sc2c(N3C4CCC3CC(N)C4)cccc2c1CC(F)(F)F. The summed E-state index contributed by atoms with van der Waals surface area (Å²) in [7, 11) is -1.97. The van der Waals surface area contributed by atoms with Crippen LogP contribution in [-0.4, -0.2) is 52.6 Å². The van der Waals surface area contributed by atoms with Gasteiger partial charge in [0.05, 0.1) is 45.9 Å². The van der Waals surface area contributed by atoms with Crippen LogP contribution in [0.4, 0.5) is 24.5 Å². The van der Waals surface area contributed by atoms with Gasteiger partial charge < -0.3 is 20.7 Å². The Labute approximate surface area is 230 Å². The summed E-state index contributed by atoms with van der Waals surface area (Å²) >= 11 is 1.31. The molecule has 3 N–H and O–H groups in total. The molecule has 2 saturated heterocycles. The van der Waals surface area contributed by atoms with Crippen molar-refractivity contribution in [3.05, 3.63) is 46.8 Å². The van der Waals surface area contributed by atoms with Crippen LogP contribution >= 0.6 is 11.3 Å². The number of hydrogen-bond donors (Lipinski definition) is 2. The number of methoxy groups -OCH3 is 1. The third kappa shape index (κ3) is 5.83. The number of piperidine rings is 1. The molecule has 2 aliphatic heterocycles. The van der Waals surface area contributed by atoms with Gasteiger partial charge in [0.2, 0.25) is 0 Å². The molecule has 39 heavy (non-hydrogen) atoms. The first-order valence-corrected chi connectivity index (χ1v) is 15.4. The molecule has 2 fully saturated rings. The first-order chi connectivity index (χ1) is 18.4. The highest BCUT2D eigenvalue weighted by atomic mass is 32.2. The smallest absolute Gasteiger partial charge is 0.393 e. The van der Waals surface area contributed by atoms with E-state index in [0.29, 0.717) is 33.8 Å². The zero-order chi connectivity index (χ0) is 27.9. The molecule has 6 nitrogen and oxygen atoms in total. The van der Waals surface area contributed by atoms with E-state index in [0.717, 1.165) is 42.3 Å². The predicted octanol–water partition coefficient (Wildman–Crippen LogP) is 5.34. The molecule has 2 aromatic carbocycles. The van der Waals surface area contributed by atoms with Crippen LogP contribution in [0.25, 0.3) is 10.1 Å². The summed E-state index contributed by atoms with van der Waals surface area (Å²) in [6.07, 6.45) is -0.441. The van der Waals surface area contributed by atoms with Gasteiger partial charge in [0, 0.05) is 30.4 Å². The molecule has 0 radical (unpaired) electrons. The van der Waals surface area contributed by atoms with Gasteiger partial charge in [-0.1, -0.05) is 24.0 Å². The van der Waals surface area contributed by atoms with Crippen molar-refractivity contribution >= 4 is 42.6 Å². The molecule has 3 aromatic rings. The average molecular weight is 578 g/mol. The Morgan fingerprint density at radius 1 is 1.18 bits per heavy atom. The first kappa shape index (κ1) is 27.6. The fraction of sp³-hybridized carbons (Fsp3) is 0.429. The van der Waals surface area contributed by atoms with Crippen molar-refractivity contribution in [1.82, 2.24) is 0 Å². The van der Waals surface area contributed by atoms with E-state index in [1.165, 1.54) is 30.6 Å². The highest BCUT2D eigenvalue weighted by Gasteiger charge is 2.41. The van der Waals surface area contributed by atoms with Crippen LogP contribution in [-0.2, 0) is 16.3 Å². The number of anilines is 2. The average Bonchev–Trinajstić information content (AvgIpc) is 3.34. The number of halogens is 3. The van der Waals surface area contributed by atoms with Gasteiger partial charge in [-0.2, -0.15) is 13.2 Å². The molecule has 0 spiro atoms. The molecule has 2 aliphatic rings. The van der Waals surface area contributed by atoms with Gasteiger partial charge in [0.15, 0.2) is 9.84 Å². The van der Waals surface area contributed by atoms with Crippen molar-refractivity contribution in [1.29, 1.82) is 0 Å². The largest absolute Gasteiger partial charge is 0.495 e. The predicted molar refractivity (Wildman–Crippen MR) is 150 cm³/mol. The molecular weight excluding hydrogens is 547 g/mol. The Bertz CT molecular complexity index is 1540. The molecule has 3 heterocycles. The molecule has 0 amide bonds. The van der Waals surface area contributed by atoms with E-state index < -0.39 is 22.4 Å². The molecule has 0 saturated carbocycles. The van der Waals surface area contributed by atoms with Crippen molar-refractivity contribution in [3.63, 3.8) is 0 Å². The fourth-order valence-corrected chi connectivity index (χ4v) is 7.61. The lowest BCUT2D eigenvalue weighted by Crippen LogP contribution is -2.47. The quantitative estimate of drug-likeness (QED) is 0.385. The number of nitrogens with two attached hydrogens (primary N) is 1. The van der Waals surface area contributed by atoms with Crippen LogP contribution in [0.1, 0.15) is 36.1 Å². The summed E-state index contributed by atoms with van der Waals surface area (Å²) in [4.78, 5) is 2.90. The minimum absolute atomic E-state index is 0.123. The second-order valence-electron chi connectivity index (χ2n) is 10.2. The number of fused-ring (bicyclic) bond motifs is 3. The van der Waals surface area contributed by atoms with Crippen molar-refractivity contribution in [2.24, 2.45) is 5.73 Å². The van der Waals surface area contributed by atoms with Crippen molar-refractivity contribution < 1.29 is 26.3 Å². The molecule has 1 aromatic heterocycles. The van der Waals surface area contributed by atoms with E-state index >= 15 is 0 Å². The van der Waals surface area contributed by atoms with Gasteiger partial charge in [-0.15, -0.1) is 11.3 Å². The molecule has 2 atom stereocenters. The number of nitrogens with zero attached hydrogens (tertiary/aromatic N) is 1. The molecule has 5 rings (SSSR count). The van der Waals surface area contributed by atoms with Gasteiger partial charge in [0.25, 0.3) is 0 Å². The number of ether oxygens (including phenoxy) is 1. The third-order valence-electron chi connectivity index (χ3n) is 7.39. The topological polar surface area (TPSA) is 84.7 Å². The second-order valence-corrected chi connectivity index (χ2v) is 13.2. The maximum atomic E-state index is 13.6. The van der Waals surface area contributed by atoms with E-state index in [9.17, 15) is 21.6 Å². The number of thiophene rings is 1. The maximum absolute atomic E-state index is 13.6. The van der Waals surface area contributed by atoms with E-state index in [1.54, 1.807) is 12.1 Å². The van der Waals surface area contributed by atoms with Crippen LogP contribution in [0.5, 0.6) is 5.75 Å². The number of sulfone groups is 1. The van der Waals surface area contributed by atoms with Crippen LogP contribution < -0.4 is 20.7 Å². The summed E-state index contributed by atoms with van der Waals surface area (Å²) in [5, 5.41) is 3.67. The van der Waals surface area contributed by atoms with Gasteiger partial charge in [-0.3, -0.25) is 0 Å². The summed E-state index contributed by atoms with van der Waals surface area (Å²) in [6.45, 7) is 0.134. The first-order valence-electron chi connectivity index (χ1n) is 12.7. The van der Waals surface area contributed by atoms with Crippen molar-refractivity contribution in [2.45, 2.75) is 61.3 Å². The number of alkyl halides is 3. The summed E-state index contributed by atoms with van der Waals surface area (Å²) in [5.74, 6) is 6.25. The van der Waals surface area contributed by atoms with Crippen LogP contribution in [0, 0.1) is 11.8 Å². The lowest BCUT2D eigenvalue weighted by molar-refractivity contribution is -0.126. The lowest BCUT2D eigenvalue weighted by Gasteiger charge is -2.39. The Balaban J connectivity index is 1.46. The Hall–Kier alpha value is -2.94. The Morgan fingerprint density at radius 2 is 1.90 bits per heavy atom. The zero-order valence-electron chi connectivity index (χ0n) is 21.6. The highest BCUT2D eigenvalue weighted by Crippen LogP contribution is 2.45. The molecule has 208 valence electrons. The number of nitrogens with one attached hydrogen (secondary N) is 1. The van der Waals surface area contributed by atoms with Crippen LogP contribution in [0.2, 0.25) is 0 Å². The van der Waals surface area contributed by atoms with E-state index in [1.807, 2.05) is 12.1 Å². The minimum atomic E-state index is -4.37. The number of hydrogen-bond acceptors (Lipinski definition) is 7. The molecule has 0 aliphatic carbocycles. The summed E-state index contributed by atoms with van der Waals surface area (Å²) in [5.41, 5.74) is 7.96. The van der Waals surface area contributed by atoms with Gasteiger partial charge in [0.1, 0.15) is 5.75 Å². The number of rotatable bonds is 6. The van der Waals surface area contributed by atoms with Crippen LogP contribution in [0.3, 0.4) is 0 Å². The van der Waals surface area contributed by atoms with E-state index in [2.05, 4.69) is 22.1 Å². The molecular formula is C28H30F3N3O3S2. The minimum Gasteiger partial charge on any atom is -0.495 e.